The van der Waals surface area contributed by atoms with Gasteiger partial charge in [-0.3, -0.25) is 9.69 Å². The van der Waals surface area contributed by atoms with Gasteiger partial charge in [-0.1, -0.05) is 29.3 Å². The molecule has 1 saturated carbocycles. The average Bonchev–Trinajstić information content (AvgIpc) is 3.51. The summed E-state index contributed by atoms with van der Waals surface area (Å²) >= 11 is 12.2. The van der Waals surface area contributed by atoms with Gasteiger partial charge in [0.05, 0.1) is 53.1 Å². The van der Waals surface area contributed by atoms with Gasteiger partial charge in [0.1, 0.15) is 0 Å². The Morgan fingerprint density at radius 1 is 1.00 bits per heavy atom. The van der Waals surface area contributed by atoms with Crippen LogP contribution in [0.1, 0.15) is 31.2 Å². The molecule has 5 rings (SSSR count). The second kappa shape index (κ2) is 9.04. The van der Waals surface area contributed by atoms with Crippen molar-refractivity contribution in [1.82, 2.24) is 14.1 Å². The van der Waals surface area contributed by atoms with E-state index < -0.39 is 10.0 Å². The maximum Gasteiger partial charge on any atom is 0.227 e. The van der Waals surface area contributed by atoms with Gasteiger partial charge in [-0.2, -0.15) is 4.31 Å². The summed E-state index contributed by atoms with van der Waals surface area (Å²) in [6.45, 7) is 3.50. The maximum absolute atomic E-state index is 13.5. The van der Waals surface area contributed by atoms with E-state index in [2.05, 4.69) is 4.90 Å². The van der Waals surface area contributed by atoms with Crippen molar-refractivity contribution in [3.63, 3.8) is 0 Å². The molecule has 4 aliphatic rings. The van der Waals surface area contributed by atoms with Gasteiger partial charge in [0.15, 0.2) is 0 Å². The van der Waals surface area contributed by atoms with E-state index in [9.17, 15) is 13.2 Å². The fourth-order valence-electron chi connectivity index (χ4n) is 5.44. The van der Waals surface area contributed by atoms with Crippen molar-refractivity contribution in [3.8, 4) is 0 Å². The molecule has 1 aliphatic carbocycles. The molecule has 4 fully saturated rings. The monoisotopic (exact) mass is 501 g/mol. The molecule has 3 saturated heterocycles. The van der Waals surface area contributed by atoms with E-state index in [0.717, 1.165) is 44.3 Å². The summed E-state index contributed by atoms with van der Waals surface area (Å²) in [6.07, 6.45) is 3.91. The lowest BCUT2D eigenvalue weighted by molar-refractivity contribution is -0.147. The van der Waals surface area contributed by atoms with Crippen LogP contribution in [-0.2, 0) is 26.0 Å². The predicted octanol–water partition coefficient (Wildman–Crippen LogP) is 2.40. The average molecular weight is 502 g/mol. The minimum Gasteiger partial charge on any atom is -0.378 e. The second-order valence-corrected chi connectivity index (χ2v) is 12.3. The molecule has 7 nitrogen and oxygen atoms in total. The molecule has 0 radical (unpaired) electrons. The molecular weight excluding hydrogens is 473 g/mol. The van der Waals surface area contributed by atoms with Crippen molar-refractivity contribution in [2.45, 2.75) is 55.5 Å². The number of benzene rings is 1. The Balaban J connectivity index is 1.43. The normalized spacial score (nSPS) is 29.8. The zero-order valence-corrected chi connectivity index (χ0v) is 20.3. The molecule has 1 amide bonds. The number of hydrogen-bond acceptors (Lipinski definition) is 5. The highest BCUT2D eigenvalue weighted by Gasteiger charge is 2.53. The van der Waals surface area contributed by atoms with Crippen molar-refractivity contribution >= 4 is 39.1 Å². The zero-order valence-electron chi connectivity index (χ0n) is 18.0. The number of carbonyl (C=O) groups excluding carboxylic acids is 1. The first-order valence-electron chi connectivity index (χ1n) is 11.4. The van der Waals surface area contributed by atoms with E-state index in [-0.39, 0.29) is 35.7 Å². The highest BCUT2D eigenvalue weighted by molar-refractivity contribution is 7.90. The lowest BCUT2D eigenvalue weighted by Gasteiger charge is -2.53. The number of fused-ring (bicyclic) bond motifs is 1. The number of sulfonamides is 1. The van der Waals surface area contributed by atoms with Crippen LogP contribution in [0.25, 0.3) is 0 Å². The van der Waals surface area contributed by atoms with Crippen molar-refractivity contribution in [2.75, 3.05) is 39.4 Å². The molecule has 3 heterocycles. The molecule has 0 spiro atoms. The van der Waals surface area contributed by atoms with Crippen molar-refractivity contribution in [3.05, 3.63) is 33.8 Å². The maximum atomic E-state index is 13.5. The summed E-state index contributed by atoms with van der Waals surface area (Å²) in [7, 11) is -3.36. The van der Waals surface area contributed by atoms with Crippen LogP contribution in [-0.4, -0.2) is 91.2 Å². The largest absolute Gasteiger partial charge is 0.378 e. The number of likely N-dealkylation sites (tertiary alicyclic amines) is 1. The molecule has 3 atom stereocenters. The van der Waals surface area contributed by atoms with Crippen LogP contribution in [0, 0.1) is 0 Å². The Bertz CT molecular complexity index is 981. The van der Waals surface area contributed by atoms with E-state index in [0.29, 0.717) is 36.3 Å². The first kappa shape index (κ1) is 22.9. The number of carbonyl (C=O) groups is 1. The number of rotatable bonds is 5. The number of ether oxygens (including phenoxy) is 1. The third kappa shape index (κ3) is 4.30. The van der Waals surface area contributed by atoms with Gasteiger partial charge in [-0.05, 0) is 56.5 Å². The van der Waals surface area contributed by atoms with Crippen LogP contribution in [0.2, 0.25) is 10.0 Å². The Kier molecular flexibility index (Phi) is 6.46. The molecule has 1 aromatic carbocycles. The van der Waals surface area contributed by atoms with E-state index in [4.69, 9.17) is 27.9 Å². The molecule has 0 N–H and O–H groups in total. The van der Waals surface area contributed by atoms with E-state index in [1.54, 1.807) is 16.4 Å². The molecule has 3 aliphatic heterocycles. The number of amides is 1. The first-order chi connectivity index (χ1) is 15.4. The number of nitrogens with zero attached hydrogens (tertiary/aromatic N) is 3. The molecule has 1 aromatic rings. The number of halogens is 2. The van der Waals surface area contributed by atoms with Gasteiger partial charge >= 0.3 is 0 Å². The van der Waals surface area contributed by atoms with Crippen LogP contribution in [0.3, 0.4) is 0 Å². The Labute approximate surface area is 199 Å². The van der Waals surface area contributed by atoms with Crippen LogP contribution in [0.4, 0.5) is 0 Å². The molecule has 176 valence electrons. The highest BCUT2D eigenvalue weighted by Crippen LogP contribution is 2.37. The molecule has 0 aromatic heterocycles. The lowest BCUT2D eigenvalue weighted by Crippen LogP contribution is -2.72. The molecule has 2 unspecified atom stereocenters. The van der Waals surface area contributed by atoms with Crippen LogP contribution >= 0.6 is 23.2 Å². The SMILES string of the molecule is O=C(Cc1ccc(Cl)c(Cl)c1)N1CCN(S(=O)(=O)C2CC2)C2COCC(N3CCCC3)[C@H]21. The lowest BCUT2D eigenvalue weighted by atomic mass is 9.92. The van der Waals surface area contributed by atoms with Gasteiger partial charge < -0.3 is 9.64 Å². The summed E-state index contributed by atoms with van der Waals surface area (Å²) < 4.78 is 34.0. The van der Waals surface area contributed by atoms with E-state index in [1.807, 2.05) is 11.0 Å². The van der Waals surface area contributed by atoms with Crippen LogP contribution in [0.5, 0.6) is 0 Å². The smallest absolute Gasteiger partial charge is 0.227 e. The number of hydrogen-bond donors (Lipinski definition) is 0. The minimum atomic E-state index is -3.36. The fourth-order valence-corrected chi connectivity index (χ4v) is 7.77. The Morgan fingerprint density at radius 3 is 2.41 bits per heavy atom. The summed E-state index contributed by atoms with van der Waals surface area (Å²) in [4.78, 5) is 17.8. The Hall–Kier alpha value is -0.900. The van der Waals surface area contributed by atoms with Crippen molar-refractivity contribution < 1.29 is 17.9 Å². The van der Waals surface area contributed by atoms with Gasteiger partial charge in [-0.25, -0.2) is 8.42 Å². The van der Waals surface area contributed by atoms with E-state index in [1.165, 1.54) is 0 Å². The van der Waals surface area contributed by atoms with Crippen LogP contribution in [0.15, 0.2) is 18.2 Å². The Morgan fingerprint density at radius 2 is 1.72 bits per heavy atom. The van der Waals surface area contributed by atoms with Crippen molar-refractivity contribution in [1.29, 1.82) is 0 Å². The zero-order chi connectivity index (χ0) is 22.5. The standard InChI is InChI=1S/C22H29Cl2N3O4S/c23-17-6-3-15(11-18(17)24)12-21(28)26-9-10-27(32(29,30)16-4-5-16)20-14-31-13-19(22(20)26)25-7-1-2-8-25/h3,6,11,16,19-20,22H,1-2,4-5,7-10,12-14H2/t19?,20?,22-/m1/s1. The summed E-state index contributed by atoms with van der Waals surface area (Å²) in [5.41, 5.74) is 0.804. The summed E-state index contributed by atoms with van der Waals surface area (Å²) in [6, 6.07) is 4.71. The quantitative estimate of drug-likeness (QED) is 0.619. The molecule has 0 bridgehead atoms. The first-order valence-corrected chi connectivity index (χ1v) is 13.7. The highest BCUT2D eigenvalue weighted by atomic mass is 35.5. The molecule has 32 heavy (non-hydrogen) atoms. The van der Waals surface area contributed by atoms with Gasteiger partial charge in [-0.15, -0.1) is 0 Å². The molecular formula is C22H29Cl2N3O4S. The van der Waals surface area contributed by atoms with E-state index >= 15 is 0 Å². The second-order valence-electron chi connectivity index (χ2n) is 9.27. The van der Waals surface area contributed by atoms with Gasteiger partial charge in [0, 0.05) is 13.1 Å². The summed E-state index contributed by atoms with van der Waals surface area (Å²) in [5, 5.41) is 0.616. The third-order valence-electron chi connectivity index (χ3n) is 7.20. The minimum absolute atomic E-state index is 0.00575. The van der Waals surface area contributed by atoms with Crippen molar-refractivity contribution in [2.24, 2.45) is 0 Å². The van der Waals surface area contributed by atoms with Gasteiger partial charge in [0.2, 0.25) is 15.9 Å². The summed E-state index contributed by atoms with van der Waals surface area (Å²) in [5.74, 6) is -0.00652. The number of piperazine rings is 1. The van der Waals surface area contributed by atoms with Crippen LogP contribution < -0.4 is 0 Å². The van der Waals surface area contributed by atoms with Gasteiger partial charge in [0.25, 0.3) is 0 Å². The third-order valence-corrected chi connectivity index (χ3v) is 10.4. The molecule has 10 heteroatoms. The fraction of sp³-hybridized carbons (Fsp3) is 0.682. The topological polar surface area (TPSA) is 70.2 Å². The predicted molar refractivity (Wildman–Crippen MR) is 124 cm³/mol.